The molecule has 0 amide bonds. The molecule has 0 heterocycles. The first-order valence-electron chi connectivity index (χ1n) is 8.92. The van der Waals surface area contributed by atoms with E-state index in [4.69, 9.17) is 4.74 Å². The van der Waals surface area contributed by atoms with E-state index in [1.165, 1.54) is 12.1 Å². The van der Waals surface area contributed by atoms with Crippen molar-refractivity contribution < 1.29 is 18.3 Å². The third-order valence-electron chi connectivity index (χ3n) is 5.12. The highest BCUT2D eigenvalue weighted by atomic mass is 19.1. The number of allylic oxidation sites excluding steroid dienone is 4. The van der Waals surface area contributed by atoms with Gasteiger partial charge in [0.25, 0.3) is 0 Å². The molecule has 0 fully saturated rings. The molecule has 0 radical (unpaired) electrons. The number of methoxy groups -OCH3 is 1. The van der Waals surface area contributed by atoms with Gasteiger partial charge < -0.3 is 10.1 Å². The topological polar surface area (TPSA) is 38.3 Å². The van der Waals surface area contributed by atoms with Crippen LogP contribution in [0.3, 0.4) is 0 Å². The zero-order valence-electron chi connectivity index (χ0n) is 14.9. The molecule has 2 aromatic carbocycles. The van der Waals surface area contributed by atoms with Crippen LogP contribution in [0.25, 0.3) is 0 Å². The fourth-order valence-electron chi connectivity index (χ4n) is 3.78. The van der Waals surface area contributed by atoms with Gasteiger partial charge in [0.05, 0.1) is 12.8 Å². The van der Waals surface area contributed by atoms with Crippen molar-refractivity contribution in [1.82, 2.24) is 0 Å². The van der Waals surface area contributed by atoms with Gasteiger partial charge in [-0.2, -0.15) is 0 Å². The predicted octanol–water partition coefficient (Wildman–Crippen LogP) is 5.19. The summed E-state index contributed by atoms with van der Waals surface area (Å²) in [5.41, 5.74) is 4.48. The van der Waals surface area contributed by atoms with Crippen LogP contribution in [0, 0.1) is 11.6 Å². The first kappa shape index (κ1) is 17.5. The van der Waals surface area contributed by atoms with Crippen LogP contribution in [0.15, 0.2) is 59.3 Å². The summed E-state index contributed by atoms with van der Waals surface area (Å²) in [4.78, 5) is 13.0. The average molecular weight is 367 g/mol. The Kier molecular flexibility index (Phi) is 4.52. The lowest BCUT2D eigenvalue weighted by Gasteiger charge is -2.20. The van der Waals surface area contributed by atoms with E-state index in [1.807, 2.05) is 24.3 Å². The standard InChI is InChI=1S/C22H19F2NO2/c1-27-21-4-2-3-18-17(21)8-5-13-11-15(7-9-16(13)22(18)26)25-20-10-6-14(23)12-19(20)24/h2-4,6,10-12,25H,5,7-9H2,1H3. The number of ether oxygens (including phenoxy) is 1. The first-order valence-corrected chi connectivity index (χ1v) is 8.92. The summed E-state index contributed by atoms with van der Waals surface area (Å²) in [6.45, 7) is 0. The molecule has 0 aliphatic heterocycles. The molecule has 0 saturated carbocycles. The number of hydrogen-bond donors (Lipinski definition) is 1. The van der Waals surface area contributed by atoms with Gasteiger partial charge in [-0.15, -0.1) is 0 Å². The molecule has 0 unspecified atom stereocenters. The molecule has 5 heteroatoms. The van der Waals surface area contributed by atoms with Gasteiger partial charge >= 0.3 is 0 Å². The third-order valence-corrected chi connectivity index (χ3v) is 5.12. The molecular formula is C22H19F2NO2. The Labute approximate surface area is 156 Å². The lowest BCUT2D eigenvalue weighted by Crippen LogP contribution is -2.12. The van der Waals surface area contributed by atoms with Crippen LogP contribution in [0.2, 0.25) is 0 Å². The molecule has 2 aliphatic carbocycles. The number of ketones is 1. The molecule has 0 spiro atoms. The Morgan fingerprint density at radius 3 is 2.67 bits per heavy atom. The average Bonchev–Trinajstić information content (AvgIpc) is 2.81. The number of nitrogens with one attached hydrogen (secondary N) is 1. The number of hydrogen-bond acceptors (Lipinski definition) is 3. The Balaban J connectivity index is 1.65. The van der Waals surface area contributed by atoms with Crippen molar-refractivity contribution in [3.63, 3.8) is 0 Å². The first-order chi connectivity index (χ1) is 13.1. The van der Waals surface area contributed by atoms with Crippen LogP contribution >= 0.6 is 0 Å². The number of carbonyl (C=O) groups excluding carboxylic acids is 1. The van der Waals surface area contributed by atoms with Gasteiger partial charge in [-0.05, 0) is 55.5 Å². The molecule has 2 aromatic rings. The lowest BCUT2D eigenvalue weighted by atomic mass is 9.90. The maximum absolute atomic E-state index is 13.9. The number of benzene rings is 2. The number of fused-ring (bicyclic) bond motifs is 1. The fraction of sp³-hybridized carbons (Fsp3) is 0.227. The smallest absolute Gasteiger partial charge is 0.189 e. The monoisotopic (exact) mass is 367 g/mol. The van der Waals surface area contributed by atoms with E-state index in [9.17, 15) is 13.6 Å². The molecule has 3 nitrogen and oxygen atoms in total. The highest BCUT2D eigenvalue weighted by Gasteiger charge is 2.27. The van der Waals surface area contributed by atoms with Crippen molar-refractivity contribution >= 4 is 11.5 Å². The molecule has 4 rings (SSSR count). The third kappa shape index (κ3) is 3.25. The van der Waals surface area contributed by atoms with Crippen molar-refractivity contribution in [2.45, 2.75) is 25.7 Å². The fourth-order valence-corrected chi connectivity index (χ4v) is 3.78. The Hall–Kier alpha value is -2.95. The number of anilines is 1. The second kappa shape index (κ2) is 6.99. The van der Waals surface area contributed by atoms with Crippen LogP contribution < -0.4 is 10.1 Å². The normalized spacial score (nSPS) is 16.3. The van der Waals surface area contributed by atoms with Crippen molar-refractivity contribution in [3.8, 4) is 5.75 Å². The Bertz CT molecular complexity index is 992. The molecule has 0 aromatic heterocycles. The lowest BCUT2D eigenvalue weighted by molar-refractivity contribution is 0.102. The Morgan fingerprint density at radius 1 is 1.04 bits per heavy atom. The largest absolute Gasteiger partial charge is 0.496 e. The Morgan fingerprint density at radius 2 is 1.89 bits per heavy atom. The van der Waals surface area contributed by atoms with E-state index in [-0.39, 0.29) is 11.5 Å². The van der Waals surface area contributed by atoms with Gasteiger partial charge in [0.15, 0.2) is 5.78 Å². The van der Waals surface area contributed by atoms with Crippen molar-refractivity contribution in [1.29, 1.82) is 0 Å². The molecule has 138 valence electrons. The van der Waals surface area contributed by atoms with Crippen molar-refractivity contribution in [2.75, 3.05) is 12.4 Å². The van der Waals surface area contributed by atoms with Gasteiger partial charge in [-0.1, -0.05) is 12.1 Å². The minimum absolute atomic E-state index is 0.0414. The van der Waals surface area contributed by atoms with Crippen LogP contribution in [0.1, 0.15) is 35.2 Å². The van der Waals surface area contributed by atoms with E-state index in [0.29, 0.717) is 31.2 Å². The summed E-state index contributed by atoms with van der Waals surface area (Å²) < 4.78 is 32.4. The quantitative estimate of drug-likeness (QED) is 0.811. The summed E-state index contributed by atoms with van der Waals surface area (Å²) in [7, 11) is 1.61. The predicted molar refractivity (Wildman–Crippen MR) is 100.0 cm³/mol. The molecule has 0 bridgehead atoms. The minimum Gasteiger partial charge on any atom is -0.496 e. The minimum atomic E-state index is -0.634. The van der Waals surface area contributed by atoms with Gasteiger partial charge in [0.2, 0.25) is 0 Å². The van der Waals surface area contributed by atoms with Crippen molar-refractivity contribution in [2.24, 2.45) is 0 Å². The summed E-state index contributed by atoms with van der Waals surface area (Å²) >= 11 is 0. The van der Waals surface area contributed by atoms with E-state index >= 15 is 0 Å². The number of halogens is 2. The molecule has 27 heavy (non-hydrogen) atoms. The molecule has 0 atom stereocenters. The second-order valence-corrected chi connectivity index (χ2v) is 6.74. The van der Waals surface area contributed by atoms with Gasteiger partial charge in [0.1, 0.15) is 17.4 Å². The summed E-state index contributed by atoms with van der Waals surface area (Å²) in [6.07, 6.45) is 4.54. The van der Waals surface area contributed by atoms with Gasteiger partial charge in [0, 0.05) is 28.5 Å². The summed E-state index contributed by atoms with van der Waals surface area (Å²) in [5.74, 6) is -0.470. The summed E-state index contributed by atoms with van der Waals surface area (Å²) in [5, 5.41) is 3.04. The van der Waals surface area contributed by atoms with Crippen LogP contribution in [0.5, 0.6) is 5.75 Å². The summed E-state index contributed by atoms with van der Waals surface area (Å²) in [6, 6.07) is 9.02. The highest BCUT2D eigenvalue weighted by molar-refractivity contribution is 6.11. The van der Waals surface area contributed by atoms with Gasteiger partial charge in [-0.25, -0.2) is 8.78 Å². The SMILES string of the molecule is COc1cccc2c1CCC1=C(CCC(Nc3ccc(F)cc3F)=C1)C2=O. The number of Topliss-reactive ketones (excluding diaryl/α,β-unsaturated/α-hetero) is 1. The maximum Gasteiger partial charge on any atom is 0.189 e. The van der Waals surface area contributed by atoms with Gasteiger partial charge in [-0.3, -0.25) is 4.79 Å². The number of carbonyl (C=O) groups is 1. The second-order valence-electron chi connectivity index (χ2n) is 6.74. The zero-order chi connectivity index (χ0) is 19.0. The molecule has 0 saturated heterocycles. The van der Waals surface area contributed by atoms with Crippen LogP contribution in [-0.2, 0) is 6.42 Å². The number of rotatable bonds is 3. The van der Waals surface area contributed by atoms with E-state index in [0.717, 1.165) is 34.2 Å². The molecule has 1 N–H and O–H groups in total. The zero-order valence-corrected chi connectivity index (χ0v) is 14.9. The van der Waals surface area contributed by atoms with Crippen molar-refractivity contribution in [3.05, 3.63) is 82.1 Å². The molecular weight excluding hydrogens is 348 g/mol. The van der Waals surface area contributed by atoms with E-state index in [1.54, 1.807) is 7.11 Å². The highest BCUT2D eigenvalue weighted by Crippen LogP contribution is 2.36. The molecule has 2 aliphatic rings. The van der Waals surface area contributed by atoms with E-state index < -0.39 is 11.6 Å². The van der Waals surface area contributed by atoms with Crippen LogP contribution in [0.4, 0.5) is 14.5 Å². The maximum atomic E-state index is 13.9. The van der Waals surface area contributed by atoms with Crippen LogP contribution in [-0.4, -0.2) is 12.9 Å². The van der Waals surface area contributed by atoms with E-state index in [2.05, 4.69) is 5.32 Å².